The monoisotopic (exact) mass is 612 g/mol. The first kappa shape index (κ1) is 30.3. The smallest absolute Gasteiger partial charge is 0.477 e. The van der Waals surface area contributed by atoms with Gasteiger partial charge in [0.15, 0.2) is 5.13 Å². The number of carbonyl (C=O) groups excluding carboxylic acids is 1. The average molecular weight is 613 g/mol. The lowest BCUT2D eigenvalue weighted by Crippen LogP contribution is -2.60. The molecular weight excluding hydrogens is 585 g/mol. The minimum Gasteiger partial charge on any atom is -0.477 e. The van der Waals surface area contributed by atoms with Gasteiger partial charge in [0.25, 0.3) is 0 Å². The standard InChI is InChI=1S/C26H27F3N4O6S2/c1-16(2)18-5-3-17(4-6-18)13-30-23(34)21-15-32(25-31-14-22(40-25)24(35)36)11-12-33(21)41(37,38)20-9-7-19(8-10-20)39-26(27,28)29/h3-10,14,16,21H,11-13,15H2,1-2H3,(H,30,34)(H,35,36)/t21-/m1/s1. The molecule has 0 radical (unpaired) electrons. The van der Waals surface area contributed by atoms with E-state index in [1.165, 1.54) is 6.20 Å². The van der Waals surface area contributed by atoms with Gasteiger partial charge >= 0.3 is 12.3 Å². The number of thiazole rings is 1. The molecule has 1 aliphatic rings. The first-order valence-electron chi connectivity index (χ1n) is 12.4. The second-order valence-corrected chi connectivity index (χ2v) is 12.4. The second-order valence-electron chi connectivity index (χ2n) is 9.52. The molecule has 220 valence electrons. The van der Waals surface area contributed by atoms with E-state index in [4.69, 9.17) is 0 Å². The van der Waals surface area contributed by atoms with Crippen LogP contribution in [0.3, 0.4) is 0 Å². The van der Waals surface area contributed by atoms with E-state index in [0.717, 1.165) is 51.0 Å². The number of nitrogens with zero attached hydrogens (tertiary/aromatic N) is 3. The van der Waals surface area contributed by atoms with Crippen molar-refractivity contribution in [1.82, 2.24) is 14.6 Å². The van der Waals surface area contributed by atoms with Crippen LogP contribution in [0.15, 0.2) is 59.6 Å². The number of carboxylic acid groups (broad SMARTS) is 1. The van der Waals surface area contributed by atoms with E-state index >= 15 is 0 Å². The summed E-state index contributed by atoms with van der Waals surface area (Å²) in [6.07, 6.45) is -3.75. The van der Waals surface area contributed by atoms with Crippen LogP contribution in [0.25, 0.3) is 0 Å². The predicted molar refractivity (Wildman–Crippen MR) is 144 cm³/mol. The highest BCUT2D eigenvalue weighted by Gasteiger charge is 2.41. The van der Waals surface area contributed by atoms with Gasteiger partial charge in [0.1, 0.15) is 16.7 Å². The number of nitrogens with one attached hydrogen (secondary N) is 1. The SMILES string of the molecule is CC(C)c1ccc(CNC(=O)[C@H]2CN(c3ncc(C(=O)O)s3)CCN2S(=O)(=O)c2ccc(OC(F)(F)F)cc2)cc1. The Morgan fingerprint density at radius 1 is 1.12 bits per heavy atom. The van der Waals surface area contributed by atoms with Gasteiger partial charge in [-0.1, -0.05) is 49.4 Å². The molecule has 1 atom stereocenters. The van der Waals surface area contributed by atoms with Crippen LogP contribution in [0.5, 0.6) is 5.75 Å². The molecule has 4 rings (SSSR count). The van der Waals surface area contributed by atoms with Crippen molar-refractivity contribution in [2.75, 3.05) is 24.5 Å². The molecule has 2 heterocycles. The molecule has 2 N–H and O–H groups in total. The van der Waals surface area contributed by atoms with Crippen LogP contribution in [-0.4, -0.2) is 66.7 Å². The molecule has 1 aromatic heterocycles. The zero-order chi connectivity index (χ0) is 29.9. The first-order chi connectivity index (χ1) is 19.2. The van der Waals surface area contributed by atoms with Crippen molar-refractivity contribution in [3.8, 4) is 5.75 Å². The molecule has 3 aromatic rings. The Hall–Kier alpha value is -3.69. The Morgan fingerprint density at radius 2 is 1.78 bits per heavy atom. The van der Waals surface area contributed by atoms with Gasteiger partial charge in [0, 0.05) is 26.2 Å². The number of carbonyl (C=O) groups is 2. The molecule has 1 saturated heterocycles. The summed E-state index contributed by atoms with van der Waals surface area (Å²) in [5.74, 6) is -2.02. The summed E-state index contributed by atoms with van der Waals surface area (Å²) in [4.78, 5) is 30.2. The molecular formula is C26H27F3N4O6S2. The lowest BCUT2D eigenvalue weighted by molar-refractivity contribution is -0.274. The molecule has 0 spiro atoms. The highest BCUT2D eigenvalue weighted by Crippen LogP contribution is 2.30. The topological polar surface area (TPSA) is 129 Å². The largest absolute Gasteiger partial charge is 0.573 e. The fraction of sp³-hybridized carbons (Fsp3) is 0.346. The lowest BCUT2D eigenvalue weighted by Gasteiger charge is -2.39. The van der Waals surface area contributed by atoms with E-state index < -0.39 is 40.1 Å². The van der Waals surface area contributed by atoms with Gasteiger partial charge in [0.05, 0.1) is 11.1 Å². The Labute approximate surface area is 238 Å². The predicted octanol–water partition coefficient (Wildman–Crippen LogP) is 4.06. The van der Waals surface area contributed by atoms with Gasteiger partial charge < -0.3 is 20.1 Å². The molecule has 10 nitrogen and oxygen atoms in total. The zero-order valence-electron chi connectivity index (χ0n) is 22.0. The van der Waals surface area contributed by atoms with Crippen molar-refractivity contribution in [1.29, 1.82) is 0 Å². The maximum Gasteiger partial charge on any atom is 0.573 e. The fourth-order valence-corrected chi connectivity index (χ4v) is 6.59. The summed E-state index contributed by atoms with van der Waals surface area (Å²) in [6.45, 7) is 4.05. The molecule has 1 aliphatic heterocycles. The van der Waals surface area contributed by atoms with E-state index in [0.29, 0.717) is 11.0 Å². The van der Waals surface area contributed by atoms with Gasteiger partial charge in [-0.25, -0.2) is 18.2 Å². The summed E-state index contributed by atoms with van der Waals surface area (Å²) >= 11 is 0.896. The third kappa shape index (κ3) is 7.34. The summed E-state index contributed by atoms with van der Waals surface area (Å²) in [6, 6.07) is 10.1. The number of alkyl halides is 3. The fourth-order valence-electron chi connectivity index (χ4n) is 4.23. The number of aromatic nitrogens is 1. The Bertz CT molecular complexity index is 1490. The van der Waals surface area contributed by atoms with Crippen LogP contribution in [-0.2, 0) is 21.4 Å². The van der Waals surface area contributed by atoms with Gasteiger partial charge in [-0.05, 0) is 41.3 Å². The number of benzene rings is 2. The highest BCUT2D eigenvalue weighted by molar-refractivity contribution is 7.89. The average Bonchev–Trinajstić information content (AvgIpc) is 3.42. The normalized spacial score (nSPS) is 16.5. The number of hydrogen-bond donors (Lipinski definition) is 2. The number of ether oxygens (including phenoxy) is 1. The molecule has 1 fully saturated rings. The minimum absolute atomic E-state index is 0.0120. The van der Waals surface area contributed by atoms with Crippen LogP contribution in [0.1, 0.15) is 40.6 Å². The van der Waals surface area contributed by atoms with Crippen LogP contribution in [0.4, 0.5) is 18.3 Å². The van der Waals surface area contributed by atoms with Gasteiger partial charge in [-0.2, -0.15) is 4.31 Å². The Balaban J connectivity index is 1.58. The van der Waals surface area contributed by atoms with Crippen LogP contribution in [0.2, 0.25) is 0 Å². The van der Waals surface area contributed by atoms with E-state index in [1.54, 1.807) is 4.90 Å². The van der Waals surface area contributed by atoms with E-state index in [2.05, 4.69) is 28.9 Å². The molecule has 15 heteroatoms. The maximum atomic E-state index is 13.6. The van der Waals surface area contributed by atoms with Crippen molar-refractivity contribution in [2.24, 2.45) is 0 Å². The quantitative estimate of drug-likeness (QED) is 0.370. The highest BCUT2D eigenvalue weighted by atomic mass is 32.2. The number of halogens is 3. The molecule has 0 saturated carbocycles. The molecule has 2 aromatic carbocycles. The van der Waals surface area contributed by atoms with Crippen LogP contribution < -0.4 is 15.0 Å². The van der Waals surface area contributed by atoms with Crippen LogP contribution in [0, 0.1) is 0 Å². The third-order valence-electron chi connectivity index (χ3n) is 6.39. The second kappa shape index (κ2) is 12.0. The maximum absolute atomic E-state index is 13.6. The van der Waals surface area contributed by atoms with E-state index in [-0.39, 0.29) is 36.0 Å². The minimum atomic E-state index is -4.94. The molecule has 0 aliphatic carbocycles. The molecule has 41 heavy (non-hydrogen) atoms. The number of rotatable bonds is 9. The van der Waals surface area contributed by atoms with Crippen molar-refractivity contribution < 1.29 is 41.0 Å². The van der Waals surface area contributed by atoms with Gasteiger partial charge in [-0.3, -0.25) is 4.79 Å². The number of amides is 1. The van der Waals surface area contributed by atoms with Crippen molar-refractivity contribution >= 4 is 38.4 Å². The lowest BCUT2D eigenvalue weighted by atomic mass is 10.0. The Morgan fingerprint density at radius 3 is 2.34 bits per heavy atom. The number of sulfonamides is 1. The van der Waals surface area contributed by atoms with Crippen molar-refractivity contribution in [3.05, 3.63) is 70.7 Å². The summed E-state index contributed by atoms with van der Waals surface area (Å²) in [5.41, 5.74) is 1.92. The third-order valence-corrected chi connectivity index (χ3v) is 9.35. The van der Waals surface area contributed by atoms with Gasteiger partial charge in [0.2, 0.25) is 15.9 Å². The van der Waals surface area contributed by atoms with Gasteiger partial charge in [-0.15, -0.1) is 13.2 Å². The number of piperazine rings is 1. The summed E-state index contributed by atoms with van der Waals surface area (Å²) < 4.78 is 69.6. The molecule has 0 unspecified atom stereocenters. The number of hydrogen-bond acceptors (Lipinski definition) is 8. The first-order valence-corrected chi connectivity index (χ1v) is 14.7. The summed E-state index contributed by atoms with van der Waals surface area (Å²) in [5, 5.41) is 12.3. The number of aromatic carboxylic acids is 1. The van der Waals surface area contributed by atoms with Crippen molar-refractivity contribution in [2.45, 2.75) is 43.6 Å². The van der Waals surface area contributed by atoms with E-state index in [9.17, 15) is 36.3 Å². The van der Waals surface area contributed by atoms with E-state index in [1.807, 2.05) is 24.3 Å². The molecule has 1 amide bonds. The van der Waals surface area contributed by atoms with Crippen molar-refractivity contribution in [3.63, 3.8) is 0 Å². The number of anilines is 1. The number of carboxylic acids is 1. The van der Waals surface area contributed by atoms with Crippen LogP contribution >= 0.6 is 11.3 Å². The Kier molecular flexibility index (Phi) is 8.89. The molecule has 0 bridgehead atoms. The summed E-state index contributed by atoms with van der Waals surface area (Å²) in [7, 11) is -4.33. The zero-order valence-corrected chi connectivity index (χ0v) is 23.6.